The van der Waals surface area contributed by atoms with E-state index in [9.17, 15) is 9.18 Å². The molecule has 1 amide bonds. The van der Waals surface area contributed by atoms with Crippen LogP contribution >= 0.6 is 11.6 Å². The van der Waals surface area contributed by atoms with Gasteiger partial charge in [-0.2, -0.15) is 0 Å². The summed E-state index contributed by atoms with van der Waals surface area (Å²) < 4.78 is 25.4. The lowest BCUT2D eigenvalue weighted by Crippen LogP contribution is -2.44. The van der Waals surface area contributed by atoms with E-state index < -0.39 is 11.7 Å². The molecule has 4 rings (SSSR count). The van der Waals surface area contributed by atoms with Gasteiger partial charge in [-0.3, -0.25) is 9.69 Å². The molecule has 1 aliphatic heterocycles. The van der Waals surface area contributed by atoms with Crippen LogP contribution in [0.4, 0.5) is 4.39 Å². The smallest absolute Gasteiger partial charge is 0.257 e. The van der Waals surface area contributed by atoms with Crippen LogP contribution in [0.25, 0.3) is 11.3 Å². The van der Waals surface area contributed by atoms with Crippen molar-refractivity contribution in [1.82, 2.24) is 15.4 Å². The van der Waals surface area contributed by atoms with Crippen LogP contribution in [0.5, 0.6) is 0 Å². The number of carbonyl (C=O) groups is 1. The maximum Gasteiger partial charge on any atom is 0.257 e. The van der Waals surface area contributed by atoms with E-state index in [2.05, 4.69) is 41.4 Å². The molecule has 2 atom stereocenters. The first-order valence-electron chi connectivity index (χ1n) is 11.0. The number of aromatic nitrogens is 1. The van der Waals surface area contributed by atoms with Gasteiger partial charge in [0.05, 0.1) is 22.8 Å². The number of amides is 1. The van der Waals surface area contributed by atoms with Crippen LogP contribution in [-0.2, 0) is 17.8 Å². The fourth-order valence-corrected chi connectivity index (χ4v) is 4.49. The largest absolute Gasteiger partial charge is 0.373 e. The van der Waals surface area contributed by atoms with E-state index in [-0.39, 0.29) is 34.1 Å². The number of carbonyl (C=O) groups excluding carboxylic acids is 1. The number of hydrogen-bond donors (Lipinski definition) is 1. The zero-order valence-electron chi connectivity index (χ0n) is 18.9. The molecule has 1 aromatic heterocycles. The summed E-state index contributed by atoms with van der Waals surface area (Å²) in [7, 11) is 0. The van der Waals surface area contributed by atoms with Gasteiger partial charge in [-0.25, -0.2) is 4.39 Å². The quantitative estimate of drug-likeness (QED) is 0.549. The van der Waals surface area contributed by atoms with Crippen molar-refractivity contribution < 1.29 is 18.4 Å². The average molecular weight is 472 g/mol. The molecule has 2 aromatic carbocycles. The average Bonchev–Trinajstić information content (AvgIpc) is 3.13. The van der Waals surface area contributed by atoms with Crippen LogP contribution in [0.15, 0.2) is 47.0 Å². The Labute approximate surface area is 197 Å². The maximum atomic E-state index is 14.4. The molecule has 0 aliphatic carbocycles. The molecule has 33 heavy (non-hydrogen) atoms. The highest BCUT2D eigenvalue weighted by molar-refractivity contribution is 6.33. The molecule has 1 saturated heterocycles. The van der Waals surface area contributed by atoms with Gasteiger partial charge in [0.15, 0.2) is 0 Å². The summed E-state index contributed by atoms with van der Waals surface area (Å²) >= 11 is 6.16. The fraction of sp³-hybridized carbons (Fsp3) is 0.360. The topological polar surface area (TPSA) is 67.6 Å². The SMILES string of the molecule is Cc1onc(-c2c(F)cccc2Cl)c1C(=O)NCc1ccc(CN2CC(C)OC(C)C2)cc1. The first kappa shape index (κ1) is 23.4. The van der Waals surface area contributed by atoms with Crippen molar-refractivity contribution in [2.24, 2.45) is 0 Å². The number of halogens is 2. The normalized spacial score (nSPS) is 18.9. The monoisotopic (exact) mass is 471 g/mol. The van der Waals surface area contributed by atoms with Gasteiger partial charge in [-0.15, -0.1) is 0 Å². The summed E-state index contributed by atoms with van der Waals surface area (Å²) in [4.78, 5) is 15.3. The Balaban J connectivity index is 1.41. The zero-order chi connectivity index (χ0) is 23.5. The first-order chi connectivity index (χ1) is 15.8. The van der Waals surface area contributed by atoms with Crippen molar-refractivity contribution in [1.29, 1.82) is 0 Å². The summed E-state index contributed by atoms with van der Waals surface area (Å²) in [6, 6.07) is 12.5. The van der Waals surface area contributed by atoms with E-state index in [1.807, 2.05) is 12.1 Å². The molecule has 0 saturated carbocycles. The van der Waals surface area contributed by atoms with Gasteiger partial charge in [0.2, 0.25) is 0 Å². The minimum absolute atomic E-state index is 0.0530. The Morgan fingerprint density at radius 1 is 1.15 bits per heavy atom. The zero-order valence-corrected chi connectivity index (χ0v) is 19.7. The second-order valence-corrected chi connectivity index (χ2v) is 8.92. The summed E-state index contributed by atoms with van der Waals surface area (Å²) in [5, 5.41) is 6.92. The molecule has 0 bridgehead atoms. The highest BCUT2D eigenvalue weighted by Crippen LogP contribution is 2.33. The van der Waals surface area contributed by atoms with Gasteiger partial charge in [0, 0.05) is 26.2 Å². The summed E-state index contributed by atoms with van der Waals surface area (Å²) in [6.07, 6.45) is 0.460. The number of ether oxygens (including phenoxy) is 1. The van der Waals surface area contributed by atoms with Crippen molar-refractivity contribution in [2.45, 2.75) is 46.1 Å². The first-order valence-corrected chi connectivity index (χ1v) is 11.3. The number of nitrogens with one attached hydrogen (secondary N) is 1. The minimum atomic E-state index is -0.565. The van der Waals surface area contributed by atoms with Crippen LogP contribution in [-0.4, -0.2) is 41.3 Å². The van der Waals surface area contributed by atoms with Gasteiger partial charge in [0.25, 0.3) is 5.91 Å². The maximum absolute atomic E-state index is 14.4. The van der Waals surface area contributed by atoms with E-state index in [4.69, 9.17) is 20.9 Å². The van der Waals surface area contributed by atoms with Crippen LogP contribution in [0, 0.1) is 12.7 Å². The van der Waals surface area contributed by atoms with Gasteiger partial charge in [-0.1, -0.05) is 47.1 Å². The molecule has 1 fully saturated rings. The van der Waals surface area contributed by atoms with Crippen LogP contribution in [0.1, 0.15) is 41.1 Å². The lowest BCUT2D eigenvalue weighted by Gasteiger charge is -2.35. The van der Waals surface area contributed by atoms with Crippen molar-refractivity contribution in [3.8, 4) is 11.3 Å². The standard InChI is InChI=1S/C25H27ClFN3O3/c1-15-12-30(13-16(2)32-15)14-19-9-7-18(8-10-19)11-28-25(31)22-17(3)33-29-24(22)23-20(26)5-4-6-21(23)27/h4-10,15-16H,11-14H2,1-3H3,(H,28,31). The minimum Gasteiger partial charge on any atom is -0.373 e. The van der Waals surface area contributed by atoms with Gasteiger partial charge >= 0.3 is 0 Å². The third-order valence-corrected chi connectivity index (χ3v) is 5.98. The lowest BCUT2D eigenvalue weighted by molar-refractivity contribution is -0.0704. The second kappa shape index (κ2) is 10.0. The third-order valence-electron chi connectivity index (χ3n) is 5.67. The van der Waals surface area contributed by atoms with E-state index >= 15 is 0 Å². The summed E-state index contributed by atoms with van der Waals surface area (Å²) in [5.41, 5.74) is 2.48. The fourth-order valence-electron chi connectivity index (χ4n) is 4.24. The lowest BCUT2D eigenvalue weighted by atomic mass is 10.0. The van der Waals surface area contributed by atoms with Crippen molar-refractivity contribution in [2.75, 3.05) is 13.1 Å². The Hall–Kier alpha value is -2.74. The molecule has 6 nitrogen and oxygen atoms in total. The molecule has 1 aliphatic rings. The Morgan fingerprint density at radius 3 is 2.48 bits per heavy atom. The molecule has 2 unspecified atom stereocenters. The van der Waals surface area contributed by atoms with Crippen LogP contribution < -0.4 is 5.32 Å². The summed E-state index contributed by atoms with van der Waals surface area (Å²) in [5.74, 6) is -0.668. The summed E-state index contributed by atoms with van der Waals surface area (Å²) in [6.45, 7) is 8.80. The predicted octanol–water partition coefficient (Wildman–Crippen LogP) is 4.98. The molecule has 174 valence electrons. The Kier molecular flexibility index (Phi) is 7.12. The highest BCUT2D eigenvalue weighted by atomic mass is 35.5. The highest BCUT2D eigenvalue weighted by Gasteiger charge is 2.25. The van der Waals surface area contributed by atoms with Crippen LogP contribution in [0.3, 0.4) is 0 Å². The molecule has 2 heterocycles. The number of nitrogens with zero attached hydrogens (tertiary/aromatic N) is 2. The molecule has 1 N–H and O–H groups in total. The molecular formula is C25H27ClFN3O3. The van der Waals surface area contributed by atoms with Crippen molar-refractivity contribution in [3.63, 3.8) is 0 Å². The van der Waals surface area contributed by atoms with Gasteiger partial charge < -0.3 is 14.6 Å². The molecule has 0 radical (unpaired) electrons. The number of aryl methyl sites for hydroxylation is 1. The molecule has 3 aromatic rings. The number of hydrogen-bond acceptors (Lipinski definition) is 5. The molecule has 0 spiro atoms. The Morgan fingerprint density at radius 2 is 1.82 bits per heavy atom. The van der Waals surface area contributed by atoms with E-state index in [0.29, 0.717) is 12.3 Å². The van der Waals surface area contributed by atoms with Crippen LogP contribution in [0.2, 0.25) is 5.02 Å². The van der Waals surface area contributed by atoms with E-state index in [1.54, 1.807) is 13.0 Å². The molecule has 8 heteroatoms. The second-order valence-electron chi connectivity index (χ2n) is 8.51. The van der Waals surface area contributed by atoms with E-state index in [0.717, 1.165) is 25.2 Å². The number of rotatable bonds is 6. The van der Waals surface area contributed by atoms with Crippen molar-refractivity contribution >= 4 is 17.5 Å². The Bertz CT molecular complexity index is 1100. The van der Waals surface area contributed by atoms with Gasteiger partial charge in [0.1, 0.15) is 22.8 Å². The molecular weight excluding hydrogens is 445 g/mol. The number of benzene rings is 2. The third kappa shape index (κ3) is 5.43. The van der Waals surface area contributed by atoms with E-state index in [1.165, 1.54) is 17.7 Å². The van der Waals surface area contributed by atoms with Gasteiger partial charge in [-0.05, 0) is 44.0 Å². The van der Waals surface area contributed by atoms with Crippen molar-refractivity contribution in [3.05, 3.63) is 75.8 Å². The predicted molar refractivity (Wildman–Crippen MR) is 125 cm³/mol. The number of morpholine rings is 1.